The first-order chi connectivity index (χ1) is 11.7. The minimum atomic E-state index is -0.163. The van der Waals surface area contributed by atoms with Crippen LogP contribution in [0.3, 0.4) is 0 Å². The van der Waals surface area contributed by atoms with E-state index < -0.39 is 0 Å². The summed E-state index contributed by atoms with van der Waals surface area (Å²) in [5.74, 6) is 0.875. The molecule has 0 fully saturated rings. The van der Waals surface area contributed by atoms with Crippen molar-refractivity contribution in [3.8, 4) is 5.75 Å². The van der Waals surface area contributed by atoms with Gasteiger partial charge in [0.25, 0.3) is 0 Å². The van der Waals surface area contributed by atoms with E-state index in [9.17, 15) is 4.79 Å². The number of ether oxygens (including phenoxy) is 1. The molecule has 0 spiro atoms. The van der Waals surface area contributed by atoms with Gasteiger partial charge in [-0.15, -0.1) is 0 Å². The third-order valence-corrected chi connectivity index (χ3v) is 3.72. The molecule has 0 saturated heterocycles. The number of anilines is 1. The molecule has 2 aromatic carbocycles. The number of nitrogens with one attached hydrogen (secondary N) is 2. The van der Waals surface area contributed by atoms with Gasteiger partial charge in [0.1, 0.15) is 5.75 Å². The van der Waals surface area contributed by atoms with Crippen molar-refractivity contribution in [3.05, 3.63) is 59.7 Å². The summed E-state index contributed by atoms with van der Waals surface area (Å²) in [5, 5.41) is 5.84. The van der Waals surface area contributed by atoms with Crippen molar-refractivity contribution in [2.24, 2.45) is 0 Å². The molecule has 4 nitrogen and oxygen atoms in total. The normalized spacial score (nSPS) is 10.2. The zero-order valence-electron chi connectivity index (χ0n) is 14.5. The zero-order chi connectivity index (χ0) is 17.2. The van der Waals surface area contributed by atoms with E-state index in [1.54, 1.807) is 0 Å². The molecule has 2 aromatic rings. The second kappa shape index (κ2) is 9.60. The van der Waals surface area contributed by atoms with Crippen molar-refractivity contribution < 1.29 is 9.53 Å². The Balaban J connectivity index is 1.79. The minimum Gasteiger partial charge on any atom is -0.494 e. The predicted molar refractivity (Wildman–Crippen MR) is 98.8 cm³/mol. The number of urea groups is 1. The standard InChI is InChI=1S/C20H26N2O2/c1-3-7-17-8-5-6-9-19(17)22-20(23)21-15-14-16-10-12-18(13-11-16)24-4-2/h5-6,8-13H,3-4,7,14-15H2,1-2H3,(H2,21,22,23). The van der Waals surface area contributed by atoms with Crippen LogP contribution < -0.4 is 15.4 Å². The number of hydrogen-bond donors (Lipinski definition) is 2. The van der Waals surface area contributed by atoms with Crippen LogP contribution in [0.5, 0.6) is 5.75 Å². The Hall–Kier alpha value is -2.49. The van der Waals surface area contributed by atoms with Gasteiger partial charge in [-0.25, -0.2) is 4.79 Å². The lowest BCUT2D eigenvalue weighted by Crippen LogP contribution is -2.30. The highest BCUT2D eigenvalue weighted by Gasteiger charge is 2.05. The highest BCUT2D eigenvalue weighted by molar-refractivity contribution is 5.90. The molecule has 24 heavy (non-hydrogen) atoms. The molecule has 4 heteroatoms. The van der Waals surface area contributed by atoms with Crippen LogP contribution in [0.1, 0.15) is 31.4 Å². The lowest BCUT2D eigenvalue weighted by molar-refractivity contribution is 0.252. The molecule has 0 aliphatic carbocycles. The first kappa shape index (κ1) is 17.9. The summed E-state index contributed by atoms with van der Waals surface area (Å²) in [4.78, 5) is 12.1. The highest BCUT2D eigenvalue weighted by atomic mass is 16.5. The molecule has 0 heterocycles. The van der Waals surface area contributed by atoms with Gasteiger partial charge in [-0.2, -0.15) is 0 Å². The van der Waals surface area contributed by atoms with Crippen LogP contribution in [-0.4, -0.2) is 19.2 Å². The summed E-state index contributed by atoms with van der Waals surface area (Å²) in [6.07, 6.45) is 2.80. The van der Waals surface area contributed by atoms with Gasteiger partial charge < -0.3 is 15.4 Å². The van der Waals surface area contributed by atoms with E-state index in [0.717, 1.165) is 30.7 Å². The quantitative estimate of drug-likeness (QED) is 0.755. The average molecular weight is 326 g/mol. The molecule has 2 amide bonds. The van der Waals surface area contributed by atoms with Crippen molar-refractivity contribution in [3.63, 3.8) is 0 Å². The van der Waals surface area contributed by atoms with E-state index in [1.165, 1.54) is 11.1 Å². The first-order valence-electron chi connectivity index (χ1n) is 8.57. The number of carbonyl (C=O) groups is 1. The maximum atomic E-state index is 12.1. The van der Waals surface area contributed by atoms with Crippen LogP contribution in [0.15, 0.2) is 48.5 Å². The Bertz CT molecular complexity index is 638. The summed E-state index contributed by atoms with van der Waals surface area (Å²) >= 11 is 0. The Morgan fingerprint density at radius 3 is 2.46 bits per heavy atom. The summed E-state index contributed by atoms with van der Waals surface area (Å²) in [6, 6.07) is 15.7. The van der Waals surface area contributed by atoms with Gasteiger partial charge in [-0.05, 0) is 49.1 Å². The van der Waals surface area contributed by atoms with E-state index in [1.807, 2.05) is 49.4 Å². The Morgan fingerprint density at radius 2 is 1.75 bits per heavy atom. The van der Waals surface area contributed by atoms with Gasteiger partial charge in [0.2, 0.25) is 0 Å². The van der Waals surface area contributed by atoms with Gasteiger partial charge in [0.05, 0.1) is 6.61 Å². The largest absolute Gasteiger partial charge is 0.494 e. The monoisotopic (exact) mass is 326 g/mol. The number of aryl methyl sites for hydroxylation is 1. The van der Waals surface area contributed by atoms with Crippen molar-refractivity contribution in [2.75, 3.05) is 18.5 Å². The fourth-order valence-electron chi connectivity index (χ4n) is 2.54. The second-order valence-corrected chi connectivity index (χ2v) is 5.62. The summed E-state index contributed by atoms with van der Waals surface area (Å²) in [5.41, 5.74) is 3.23. The number of benzene rings is 2. The van der Waals surface area contributed by atoms with Crippen molar-refractivity contribution >= 4 is 11.7 Å². The fourth-order valence-corrected chi connectivity index (χ4v) is 2.54. The molecule has 2 N–H and O–H groups in total. The molecule has 0 aliphatic rings. The molecular formula is C20H26N2O2. The van der Waals surface area contributed by atoms with E-state index >= 15 is 0 Å². The van der Waals surface area contributed by atoms with Crippen LogP contribution in [-0.2, 0) is 12.8 Å². The van der Waals surface area contributed by atoms with Crippen LogP contribution in [0.25, 0.3) is 0 Å². The number of carbonyl (C=O) groups excluding carboxylic acids is 1. The average Bonchev–Trinajstić information content (AvgIpc) is 2.59. The van der Waals surface area contributed by atoms with E-state index in [2.05, 4.69) is 23.6 Å². The minimum absolute atomic E-state index is 0.163. The summed E-state index contributed by atoms with van der Waals surface area (Å²) in [7, 11) is 0. The molecule has 0 atom stereocenters. The summed E-state index contributed by atoms with van der Waals surface area (Å²) in [6.45, 7) is 5.36. The zero-order valence-corrected chi connectivity index (χ0v) is 14.5. The van der Waals surface area contributed by atoms with Gasteiger partial charge in [-0.1, -0.05) is 43.7 Å². The Labute approximate surface area is 144 Å². The first-order valence-corrected chi connectivity index (χ1v) is 8.57. The molecule has 0 bridgehead atoms. The van der Waals surface area contributed by atoms with Gasteiger partial charge >= 0.3 is 6.03 Å². The van der Waals surface area contributed by atoms with Crippen molar-refractivity contribution in [2.45, 2.75) is 33.1 Å². The molecule has 0 aliphatic heterocycles. The smallest absolute Gasteiger partial charge is 0.319 e. The molecule has 0 saturated carbocycles. The molecule has 0 unspecified atom stereocenters. The number of hydrogen-bond acceptors (Lipinski definition) is 2. The molecule has 2 rings (SSSR count). The fraction of sp³-hybridized carbons (Fsp3) is 0.350. The number of rotatable bonds is 8. The predicted octanol–water partition coefficient (Wildman–Crippen LogP) is 4.40. The Morgan fingerprint density at radius 1 is 1.00 bits per heavy atom. The third kappa shape index (κ3) is 5.61. The molecule has 0 radical (unpaired) electrons. The van der Waals surface area contributed by atoms with Crippen molar-refractivity contribution in [1.82, 2.24) is 5.32 Å². The summed E-state index contributed by atoms with van der Waals surface area (Å²) < 4.78 is 5.42. The van der Waals surface area contributed by atoms with Gasteiger partial charge in [-0.3, -0.25) is 0 Å². The van der Waals surface area contributed by atoms with E-state index in [4.69, 9.17) is 4.74 Å². The van der Waals surface area contributed by atoms with Gasteiger partial charge in [0, 0.05) is 12.2 Å². The van der Waals surface area contributed by atoms with Crippen LogP contribution >= 0.6 is 0 Å². The van der Waals surface area contributed by atoms with Crippen molar-refractivity contribution in [1.29, 1.82) is 0 Å². The highest BCUT2D eigenvalue weighted by Crippen LogP contribution is 2.16. The maximum Gasteiger partial charge on any atom is 0.319 e. The molecular weight excluding hydrogens is 300 g/mol. The molecule has 0 aromatic heterocycles. The lowest BCUT2D eigenvalue weighted by atomic mass is 10.1. The number of para-hydroxylation sites is 1. The third-order valence-electron chi connectivity index (χ3n) is 3.72. The van der Waals surface area contributed by atoms with E-state index in [0.29, 0.717) is 13.2 Å². The van der Waals surface area contributed by atoms with Crippen LogP contribution in [0.2, 0.25) is 0 Å². The Kier molecular flexibility index (Phi) is 7.15. The van der Waals surface area contributed by atoms with Crippen LogP contribution in [0, 0.1) is 0 Å². The second-order valence-electron chi connectivity index (χ2n) is 5.62. The van der Waals surface area contributed by atoms with Gasteiger partial charge in [0.15, 0.2) is 0 Å². The molecule has 128 valence electrons. The van der Waals surface area contributed by atoms with E-state index in [-0.39, 0.29) is 6.03 Å². The van der Waals surface area contributed by atoms with Crippen LogP contribution in [0.4, 0.5) is 10.5 Å². The lowest BCUT2D eigenvalue weighted by Gasteiger charge is -2.11. The topological polar surface area (TPSA) is 50.4 Å². The maximum absolute atomic E-state index is 12.1. The SMILES string of the molecule is CCCc1ccccc1NC(=O)NCCc1ccc(OCC)cc1. The number of amides is 2.